The van der Waals surface area contributed by atoms with E-state index in [0.717, 1.165) is 18.1 Å². The molecule has 1 aromatic heterocycles. The SMILES string of the molecule is Cc1cc(C)c(CN)c(N2CCSCC2C)n1. The Morgan fingerprint density at radius 2 is 2.29 bits per heavy atom. The lowest BCUT2D eigenvalue weighted by Crippen LogP contribution is -2.41. The van der Waals surface area contributed by atoms with Crippen LogP contribution in [0.1, 0.15) is 23.7 Å². The molecular formula is C13H21N3S. The van der Waals surface area contributed by atoms with Crippen LogP contribution in [0.3, 0.4) is 0 Å². The van der Waals surface area contributed by atoms with Crippen molar-refractivity contribution in [1.82, 2.24) is 4.98 Å². The molecule has 0 bridgehead atoms. The van der Waals surface area contributed by atoms with Gasteiger partial charge in [-0.1, -0.05) is 0 Å². The molecule has 0 radical (unpaired) electrons. The van der Waals surface area contributed by atoms with Gasteiger partial charge in [-0.05, 0) is 32.4 Å². The summed E-state index contributed by atoms with van der Waals surface area (Å²) in [6.07, 6.45) is 0. The molecule has 0 aromatic carbocycles. The number of nitrogens with zero attached hydrogens (tertiary/aromatic N) is 2. The molecule has 0 amide bonds. The van der Waals surface area contributed by atoms with E-state index in [2.05, 4.69) is 31.7 Å². The summed E-state index contributed by atoms with van der Waals surface area (Å²) >= 11 is 2.02. The first-order valence-electron chi connectivity index (χ1n) is 6.15. The molecule has 17 heavy (non-hydrogen) atoms. The van der Waals surface area contributed by atoms with Crippen molar-refractivity contribution in [2.45, 2.75) is 33.4 Å². The van der Waals surface area contributed by atoms with Crippen LogP contribution >= 0.6 is 11.8 Å². The van der Waals surface area contributed by atoms with Crippen LogP contribution in [0, 0.1) is 13.8 Å². The third kappa shape index (κ3) is 2.58. The number of aryl methyl sites for hydroxylation is 2. The fraction of sp³-hybridized carbons (Fsp3) is 0.615. The van der Waals surface area contributed by atoms with Gasteiger partial charge >= 0.3 is 0 Å². The van der Waals surface area contributed by atoms with Crippen molar-refractivity contribution < 1.29 is 0 Å². The minimum Gasteiger partial charge on any atom is -0.352 e. The lowest BCUT2D eigenvalue weighted by atomic mass is 10.1. The smallest absolute Gasteiger partial charge is 0.133 e. The van der Waals surface area contributed by atoms with E-state index in [-0.39, 0.29) is 0 Å². The van der Waals surface area contributed by atoms with Crippen molar-refractivity contribution in [3.63, 3.8) is 0 Å². The van der Waals surface area contributed by atoms with E-state index in [9.17, 15) is 0 Å². The average molecular weight is 251 g/mol. The minimum atomic E-state index is 0.549. The first-order chi connectivity index (χ1) is 8.13. The normalized spacial score (nSPS) is 20.7. The van der Waals surface area contributed by atoms with Crippen LogP contribution < -0.4 is 10.6 Å². The maximum absolute atomic E-state index is 5.88. The van der Waals surface area contributed by atoms with Crippen LogP contribution in [0.4, 0.5) is 5.82 Å². The zero-order valence-corrected chi connectivity index (χ0v) is 11.7. The Morgan fingerprint density at radius 1 is 1.53 bits per heavy atom. The Balaban J connectivity index is 2.42. The van der Waals surface area contributed by atoms with Crippen molar-refractivity contribution >= 4 is 17.6 Å². The molecule has 2 heterocycles. The molecule has 1 unspecified atom stereocenters. The van der Waals surface area contributed by atoms with Crippen molar-refractivity contribution in [2.24, 2.45) is 5.73 Å². The first kappa shape index (κ1) is 12.7. The summed E-state index contributed by atoms with van der Waals surface area (Å²) in [7, 11) is 0. The van der Waals surface area contributed by atoms with Gasteiger partial charge in [-0.15, -0.1) is 0 Å². The molecule has 2 rings (SSSR count). The second kappa shape index (κ2) is 5.27. The third-order valence-corrected chi connectivity index (χ3v) is 4.49. The van der Waals surface area contributed by atoms with Gasteiger partial charge in [0.2, 0.25) is 0 Å². The molecule has 94 valence electrons. The van der Waals surface area contributed by atoms with Crippen molar-refractivity contribution in [2.75, 3.05) is 23.0 Å². The molecular weight excluding hydrogens is 230 g/mol. The van der Waals surface area contributed by atoms with Gasteiger partial charge < -0.3 is 10.6 Å². The largest absolute Gasteiger partial charge is 0.352 e. The number of anilines is 1. The van der Waals surface area contributed by atoms with Crippen LogP contribution in [-0.4, -0.2) is 29.1 Å². The van der Waals surface area contributed by atoms with Crippen LogP contribution in [0.25, 0.3) is 0 Å². The monoisotopic (exact) mass is 251 g/mol. The zero-order chi connectivity index (χ0) is 12.4. The van der Waals surface area contributed by atoms with Gasteiger partial charge in [0.25, 0.3) is 0 Å². The van der Waals surface area contributed by atoms with Gasteiger partial charge in [0.1, 0.15) is 5.82 Å². The molecule has 1 aliphatic rings. The van der Waals surface area contributed by atoms with E-state index >= 15 is 0 Å². The fourth-order valence-corrected chi connectivity index (χ4v) is 3.39. The molecule has 3 nitrogen and oxygen atoms in total. The van der Waals surface area contributed by atoms with E-state index in [1.165, 1.54) is 22.6 Å². The standard InChI is InChI=1S/C13H21N3S/c1-9-6-10(2)15-13(12(9)7-14)16-4-5-17-8-11(16)3/h6,11H,4-5,7-8,14H2,1-3H3. The highest BCUT2D eigenvalue weighted by Crippen LogP contribution is 2.27. The Hall–Kier alpha value is -0.740. The second-order valence-corrected chi connectivity index (χ2v) is 5.85. The summed E-state index contributed by atoms with van der Waals surface area (Å²) in [5, 5.41) is 0. The summed E-state index contributed by atoms with van der Waals surface area (Å²) < 4.78 is 0. The predicted octanol–water partition coefficient (Wildman–Crippen LogP) is 2.10. The lowest BCUT2D eigenvalue weighted by Gasteiger charge is -2.35. The van der Waals surface area contributed by atoms with Crippen molar-refractivity contribution in [1.29, 1.82) is 0 Å². The van der Waals surface area contributed by atoms with E-state index in [1.807, 2.05) is 11.8 Å². The van der Waals surface area contributed by atoms with E-state index in [1.54, 1.807) is 0 Å². The Kier molecular flexibility index (Phi) is 3.94. The summed E-state index contributed by atoms with van der Waals surface area (Å²) in [6, 6.07) is 2.67. The van der Waals surface area contributed by atoms with Gasteiger partial charge in [0, 0.05) is 41.9 Å². The van der Waals surface area contributed by atoms with Gasteiger partial charge in [-0.2, -0.15) is 11.8 Å². The second-order valence-electron chi connectivity index (χ2n) is 4.70. The maximum Gasteiger partial charge on any atom is 0.133 e. The molecule has 1 saturated heterocycles. The van der Waals surface area contributed by atoms with Gasteiger partial charge in [-0.25, -0.2) is 4.98 Å². The molecule has 0 saturated carbocycles. The topological polar surface area (TPSA) is 42.1 Å². The number of hydrogen-bond acceptors (Lipinski definition) is 4. The summed E-state index contributed by atoms with van der Waals surface area (Å²) in [5.74, 6) is 3.47. The number of thioether (sulfide) groups is 1. The van der Waals surface area contributed by atoms with Gasteiger partial charge in [0.15, 0.2) is 0 Å². The van der Waals surface area contributed by atoms with E-state index in [4.69, 9.17) is 10.7 Å². The molecule has 1 atom stereocenters. The molecule has 1 aliphatic heterocycles. The Bertz CT molecular complexity index is 406. The highest BCUT2D eigenvalue weighted by molar-refractivity contribution is 7.99. The molecule has 2 N–H and O–H groups in total. The number of rotatable bonds is 2. The first-order valence-corrected chi connectivity index (χ1v) is 7.30. The van der Waals surface area contributed by atoms with Crippen LogP contribution in [0.2, 0.25) is 0 Å². The Morgan fingerprint density at radius 3 is 2.94 bits per heavy atom. The number of pyridine rings is 1. The lowest BCUT2D eigenvalue weighted by molar-refractivity contribution is 0.682. The fourth-order valence-electron chi connectivity index (χ4n) is 2.38. The predicted molar refractivity (Wildman–Crippen MR) is 75.7 cm³/mol. The number of hydrogen-bond donors (Lipinski definition) is 1. The summed E-state index contributed by atoms with van der Waals surface area (Å²) in [6.45, 7) is 8.11. The van der Waals surface area contributed by atoms with Crippen LogP contribution in [0.15, 0.2) is 6.07 Å². The number of aromatic nitrogens is 1. The third-order valence-electron chi connectivity index (χ3n) is 3.30. The summed E-state index contributed by atoms with van der Waals surface area (Å²) in [5.41, 5.74) is 9.43. The van der Waals surface area contributed by atoms with Crippen LogP contribution in [-0.2, 0) is 6.54 Å². The average Bonchev–Trinajstić information content (AvgIpc) is 2.28. The van der Waals surface area contributed by atoms with Crippen molar-refractivity contribution in [3.8, 4) is 0 Å². The molecule has 1 fully saturated rings. The molecule has 0 spiro atoms. The minimum absolute atomic E-state index is 0.549. The maximum atomic E-state index is 5.88. The van der Waals surface area contributed by atoms with Gasteiger partial charge in [-0.3, -0.25) is 0 Å². The Labute approximate surface area is 108 Å². The zero-order valence-electron chi connectivity index (χ0n) is 10.9. The van der Waals surface area contributed by atoms with Crippen LogP contribution in [0.5, 0.6) is 0 Å². The van der Waals surface area contributed by atoms with E-state index in [0.29, 0.717) is 12.6 Å². The summed E-state index contributed by atoms with van der Waals surface area (Å²) in [4.78, 5) is 7.13. The quantitative estimate of drug-likeness (QED) is 0.874. The molecule has 4 heteroatoms. The molecule has 0 aliphatic carbocycles. The highest BCUT2D eigenvalue weighted by atomic mass is 32.2. The van der Waals surface area contributed by atoms with E-state index < -0.39 is 0 Å². The molecule has 1 aromatic rings. The number of nitrogens with two attached hydrogens (primary N) is 1. The highest BCUT2D eigenvalue weighted by Gasteiger charge is 2.23. The van der Waals surface area contributed by atoms with Gasteiger partial charge in [0.05, 0.1) is 0 Å². The van der Waals surface area contributed by atoms with Crippen molar-refractivity contribution in [3.05, 3.63) is 22.9 Å².